The molecule has 5 rings (SSSR count). The SMILES string of the molecule is C.CN1C(=O)[C@@H](NC(=O)c2cc(Oc3ccc(F)cc3)ccn2)COc2ccc3ncccc3c21. The summed E-state index contributed by atoms with van der Waals surface area (Å²) < 4.78 is 24.6. The first-order valence-electron chi connectivity index (χ1n) is 10.5. The topological polar surface area (TPSA) is 93.7 Å². The van der Waals surface area contributed by atoms with Gasteiger partial charge < -0.3 is 19.7 Å². The number of ether oxygens (including phenoxy) is 2. The van der Waals surface area contributed by atoms with Crippen molar-refractivity contribution < 1.29 is 23.5 Å². The summed E-state index contributed by atoms with van der Waals surface area (Å²) in [5.41, 5.74) is 1.39. The minimum absolute atomic E-state index is 0. The van der Waals surface area contributed by atoms with Crippen LogP contribution in [0.1, 0.15) is 17.9 Å². The van der Waals surface area contributed by atoms with E-state index in [-0.39, 0.29) is 31.5 Å². The molecule has 0 fully saturated rings. The third-order valence-corrected chi connectivity index (χ3v) is 5.41. The minimum atomic E-state index is -0.930. The second-order valence-electron chi connectivity index (χ2n) is 7.65. The van der Waals surface area contributed by atoms with Gasteiger partial charge in [0.25, 0.3) is 11.8 Å². The molecule has 1 atom stereocenters. The maximum atomic E-state index is 13.2. The highest BCUT2D eigenvalue weighted by molar-refractivity contribution is 6.08. The van der Waals surface area contributed by atoms with Gasteiger partial charge in [-0.05, 0) is 54.6 Å². The molecule has 0 spiro atoms. The van der Waals surface area contributed by atoms with Gasteiger partial charge in [0.1, 0.15) is 41.4 Å². The third kappa shape index (κ3) is 4.74. The number of anilines is 1. The molecule has 4 aromatic rings. The Bertz CT molecular complexity index is 1390. The molecule has 8 nitrogen and oxygen atoms in total. The standard InChI is InChI=1S/C25H19FN4O4.CH4/c1-30-23-18-3-2-11-27-19(18)8-9-22(23)33-14-21(25(30)32)29-24(31)20-13-17(10-12-28-20)34-16-6-4-15(26)5-7-16;/h2-13,21H,14H2,1H3,(H,29,31);1H4/t21-;/m0./s1. The lowest BCUT2D eigenvalue weighted by atomic mass is 10.1. The number of fused-ring (bicyclic) bond motifs is 3. The van der Waals surface area contributed by atoms with Crippen LogP contribution in [-0.2, 0) is 4.79 Å². The van der Waals surface area contributed by atoms with Crippen molar-refractivity contribution in [2.45, 2.75) is 13.5 Å². The average Bonchev–Trinajstić information content (AvgIpc) is 2.97. The number of pyridine rings is 2. The number of likely N-dealkylation sites (N-methyl/N-ethyl adjacent to an activating group) is 1. The molecule has 0 unspecified atom stereocenters. The molecule has 178 valence electrons. The van der Waals surface area contributed by atoms with Crippen LogP contribution in [0.3, 0.4) is 0 Å². The van der Waals surface area contributed by atoms with E-state index < -0.39 is 11.9 Å². The number of carbonyl (C=O) groups is 2. The number of carbonyl (C=O) groups excluding carboxylic acids is 2. The molecule has 2 aromatic carbocycles. The van der Waals surface area contributed by atoms with E-state index in [1.807, 2.05) is 12.1 Å². The summed E-state index contributed by atoms with van der Waals surface area (Å²) in [7, 11) is 1.64. The number of nitrogens with one attached hydrogen (secondary N) is 1. The number of hydrogen-bond acceptors (Lipinski definition) is 6. The lowest BCUT2D eigenvalue weighted by molar-refractivity contribution is -0.120. The van der Waals surface area contributed by atoms with E-state index in [1.165, 1.54) is 41.4 Å². The maximum Gasteiger partial charge on any atom is 0.270 e. The average molecular weight is 474 g/mol. The summed E-state index contributed by atoms with van der Waals surface area (Å²) in [5.74, 6) is 0.0143. The molecule has 2 amide bonds. The third-order valence-electron chi connectivity index (χ3n) is 5.41. The highest BCUT2D eigenvalue weighted by atomic mass is 19.1. The van der Waals surface area contributed by atoms with Crippen LogP contribution in [0.5, 0.6) is 17.2 Å². The van der Waals surface area contributed by atoms with E-state index in [0.29, 0.717) is 22.9 Å². The molecule has 3 heterocycles. The van der Waals surface area contributed by atoms with E-state index in [4.69, 9.17) is 9.47 Å². The van der Waals surface area contributed by atoms with Gasteiger partial charge in [0.15, 0.2) is 0 Å². The Hall–Kier alpha value is -4.53. The minimum Gasteiger partial charge on any atom is -0.489 e. The maximum absolute atomic E-state index is 13.2. The van der Waals surface area contributed by atoms with Crippen LogP contribution in [0.25, 0.3) is 10.9 Å². The molecule has 0 aliphatic carbocycles. The van der Waals surface area contributed by atoms with Crippen molar-refractivity contribution in [1.82, 2.24) is 15.3 Å². The second-order valence-corrected chi connectivity index (χ2v) is 7.65. The molecule has 2 aromatic heterocycles. The van der Waals surface area contributed by atoms with Crippen LogP contribution in [-0.4, -0.2) is 41.5 Å². The van der Waals surface area contributed by atoms with Crippen LogP contribution in [0.15, 0.2) is 73.1 Å². The van der Waals surface area contributed by atoms with Gasteiger partial charge in [-0.25, -0.2) is 4.39 Å². The normalized spacial score (nSPS) is 14.9. The van der Waals surface area contributed by atoms with Crippen LogP contribution < -0.4 is 19.7 Å². The number of halogens is 1. The fraction of sp³-hybridized carbons (Fsp3) is 0.154. The second kappa shape index (κ2) is 9.76. The van der Waals surface area contributed by atoms with E-state index in [9.17, 15) is 14.0 Å². The summed E-state index contributed by atoms with van der Waals surface area (Å²) in [6, 6.07) is 14.8. The predicted molar refractivity (Wildman–Crippen MR) is 129 cm³/mol. The predicted octanol–water partition coefficient (Wildman–Crippen LogP) is 4.35. The lowest BCUT2D eigenvalue weighted by Crippen LogP contribution is -2.49. The number of amides is 2. The van der Waals surface area contributed by atoms with Gasteiger partial charge >= 0.3 is 0 Å². The molecule has 9 heteroatoms. The van der Waals surface area contributed by atoms with Crippen LogP contribution in [0, 0.1) is 5.82 Å². The van der Waals surface area contributed by atoms with Gasteiger partial charge in [0, 0.05) is 30.9 Å². The van der Waals surface area contributed by atoms with E-state index >= 15 is 0 Å². The highest BCUT2D eigenvalue weighted by Gasteiger charge is 2.32. The lowest BCUT2D eigenvalue weighted by Gasteiger charge is -2.21. The molecule has 35 heavy (non-hydrogen) atoms. The Kier molecular flexibility index (Phi) is 6.59. The summed E-state index contributed by atoms with van der Waals surface area (Å²) >= 11 is 0. The number of aromatic nitrogens is 2. The van der Waals surface area contributed by atoms with Crippen molar-refractivity contribution in [3.63, 3.8) is 0 Å². The van der Waals surface area contributed by atoms with Crippen molar-refractivity contribution in [1.29, 1.82) is 0 Å². The monoisotopic (exact) mass is 474 g/mol. The molecular weight excluding hydrogens is 451 g/mol. The Labute approximate surface area is 201 Å². The van der Waals surface area contributed by atoms with E-state index in [2.05, 4.69) is 15.3 Å². The molecule has 1 aliphatic rings. The summed E-state index contributed by atoms with van der Waals surface area (Å²) in [6.07, 6.45) is 3.10. The first-order valence-corrected chi connectivity index (χ1v) is 10.5. The van der Waals surface area contributed by atoms with Crippen LogP contribution in [0.4, 0.5) is 10.1 Å². The van der Waals surface area contributed by atoms with Crippen molar-refractivity contribution in [3.05, 3.63) is 84.6 Å². The van der Waals surface area contributed by atoms with E-state index in [0.717, 1.165) is 10.9 Å². The molecule has 0 saturated heterocycles. The van der Waals surface area contributed by atoms with E-state index in [1.54, 1.807) is 31.4 Å². The molecule has 0 radical (unpaired) electrons. The Morgan fingerprint density at radius 1 is 1.09 bits per heavy atom. The molecular formula is C26H23FN4O4. The van der Waals surface area contributed by atoms with Gasteiger partial charge in [-0.1, -0.05) is 7.43 Å². The van der Waals surface area contributed by atoms with Gasteiger partial charge in [0.05, 0.1) is 11.2 Å². The van der Waals surface area contributed by atoms with Crippen molar-refractivity contribution >= 4 is 28.4 Å². The summed E-state index contributed by atoms with van der Waals surface area (Å²) in [4.78, 5) is 36.0. The quantitative estimate of drug-likeness (QED) is 0.473. The van der Waals surface area contributed by atoms with Gasteiger partial charge in [-0.3, -0.25) is 19.6 Å². The Morgan fingerprint density at radius 2 is 1.89 bits per heavy atom. The molecule has 1 N–H and O–H groups in total. The van der Waals surface area contributed by atoms with Crippen LogP contribution >= 0.6 is 0 Å². The largest absolute Gasteiger partial charge is 0.489 e. The molecule has 0 bridgehead atoms. The fourth-order valence-electron chi connectivity index (χ4n) is 3.74. The summed E-state index contributed by atoms with van der Waals surface area (Å²) in [5, 5.41) is 3.47. The number of hydrogen-bond donors (Lipinski definition) is 1. The fourth-order valence-corrected chi connectivity index (χ4v) is 3.74. The number of nitrogens with zero attached hydrogens (tertiary/aromatic N) is 3. The summed E-state index contributed by atoms with van der Waals surface area (Å²) in [6.45, 7) is -0.0422. The van der Waals surface area contributed by atoms with Crippen molar-refractivity contribution in [2.75, 3.05) is 18.6 Å². The Morgan fingerprint density at radius 3 is 2.69 bits per heavy atom. The number of rotatable bonds is 4. The smallest absolute Gasteiger partial charge is 0.270 e. The number of benzene rings is 2. The highest BCUT2D eigenvalue weighted by Crippen LogP contribution is 2.37. The van der Waals surface area contributed by atoms with Gasteiger partial charge in [0.2, 0.25) is 0 Å². The zero-order chi connectivity index (χ0) is 23.7. The molecule has 0 saturated carbocycles. The zero-order valence-electron chi connectivity index (χ0n) is 18.1. The molecule has 1 aliphatic heterocycles. The first kappa shape index (κ1) is 23.6. The van der Waals surface area contributed by atoms with Crippen LogP contribution in [0.2, 0.25) is 0 Å². The Balaban J connectivity index is 0.00000289. The zero-order valence-corrected chi connectivity index (χ0v) is 18.1. The van der Waals surface area contributed by atoms with Gasteiger partial charge in [-0.2, -0.15) is 0 Å². The van der Waals surface area contributed by atoms with Crippen molar-refractivity contribution in [3.8, 4) is 17.2 Å². The first-order chi connectivity index (χ1) is 16.5. The van der Waals surface area contributed by atoms with Gasteiger partial charge in [-0.15, -0.1) is 0 Å². The van der Waals surface area contributed by atoms with Crippen molar-refractivity contribution in [2.24, 2.45) is 0 Å².